The molecule has 0 heterocycles. The number of methoxy groups -OCH3 is 1. The molecule has 21 heavy (non-hydrogen) atoms. The van der Waals surface area contributed by atoms with E-state index in [-0.39, 0.29) is 18.3 Å². The first-order chi connectivity index (χ1) is 9.94. The second-order valence-corrected chi connectivity index (χ2v) is 6.92. The summed E-state index contributed by atoms with van der Waals surface area (Å²) in [5.74, 6) is -0.168. The number of hydrogen-bond donors (Lipinski definition) is 0. The van der Waals surface area contributed by atoms with Crippen molar-refractivity contribution >= 4 is 21.5 Å². The maximum absolute atomic E-state index is 12.0. The molecule has 0 aliphatic heterocycles. The minimum atomic E-state index is -3.20. The van der Waals surface area contributed by atoms with E-state index in [1.54, 1.807) is 24.3 Å². The van der Waals surface area contributed by atoms with Crippen molar-refractivity contribution in [1.82, 2.24) is 0 Å². The molecule has 1 rings (SSSR count). The van der Waals surface area contributed by atoms with E-state index in [4.69, 9.17) is 0 Å². The van der Waals surface area contributed by atoms with Crippen LogP contribution >= 0.6 is 0 Å². The van der Waals surface area contributed by atoms with Crippen LogP contribution < -0.4 is 4.90 Å². The molecular formula is C15H23NO4S. The maximum Gasteiger partial charge on any atom is 0.325 e. The van der Waals surface area contributed by atoms with Crippen molar-refractivity contribution in [3.8, 4) is 0 Å². The van der Waals surface area contributed by atoms with Crippen LogP contribution in [-0.2, 0) is 19.4 Å². The van der Waals surface area contributed by atoms with Crippen LogP contribution in [0.3, 0.4) is 0 Å². The van der Waals surface area contributed by atoms with E-state index in [0.717, 1.165) is 12.1 Å². The molecule has 0 fully saturated rings. The lowest BCUT2D eigenvalue weighted by molar-refractivity contribution is -0.138. The van der Waals surface area contributed by atoms with Gasteiger partial charge in [0.25, 0.3) is 0 Å². The van der Waals surface area contributed by atoms with Crippen LogP contribution in [0.2, 0.25) is 0 Å². The SMILES string of the molecule is CCCN(CC(=O)OC)c1ccc(S(=O)(=O)CCC)cc1. The Morgan fingerprint density at radius 1 is 1.14 bits per heavy atom. The van der Waals surface area contributed by atoms with Crippen LogP contribution in [-0.4, -0.2) is 40.3 Å². The highest BCUT2D eigenvalue weighted by Crippen LogP contribution is 2.19. The number of benzene rings is 1. The Balaban J connectivity index is 2.95. The molecule has 0 saturated heterocycles. The number of sulfone groups is 1. The van der Waals surface area contributed by atoms with Crippen LogP contribution in [0, 0.1) is 0 Å². The molecule has 118 valence electrons. The van der Waals surface area contributed by atoms with E-state index >= 15 is 0 Å². The summed E-state index contributed by atoms with van der Waals surface area (Å²) in [6.45, 7) is 4.72. The van der Waals surface area contributed by atoms with Crippen molar-refractivity contribution in [3.05, 3.63) is 24.3 Å². The second-order valence-electron chi connectivity index (χ2n) is 4.81. The van der Waals surface area contributed by atoms with E-state index in [0.29, 0.717) is 17.9 Å². The highest BCUT2D eigenvalue weighted by Gasteiger charge is 2.15. The van der Waals surface area contributed by atoms with Crippen molar-refractivity contribution in [2.45, 2.75) is 31.6 Å². The van der Waals surface area contributed by atoms with E-state index < -0.39 is 9.84 Å². The molecular weight excluding hydrogens is 290 g/mol. The summed E-state index contributed by atoms with van der Waals surface area (Å²) in [5.41, 5.74) is 0.817. The fourth-order valence-electron chi connectivity index (χ4n) is 2.04. The summed E-state index contributed by atoms with van der Waals surface area (Å²) in [6, 6.07) is 6.67. The lowest BCUT2D eigenvalue weighted by atomic mass is 10.2. The Kier molecular flexibility index (Phi) is 6.68. The van der Waals surface area contributed by atoms with E-state index in [9.17, 15) is 13.2 Å². The Bertz CT molecular complexity index is 552. The van der Waals surface area contributed by atoms with Crippen LogP contribution in [0.25, 0.3) is 0 Å². The Morgan fingerprint density at radius 3 is 2.24 bits per heavy atom. The van der Waals surface area contributed by atoms with Gasteiger partial charge in [-0.1, -0.05) is 13.8 Å². The Hall–Kier alpha value is -1.56. The zero-order valence-electron chi connectivity index (χ0n) is 12.8. The number of rotatable bonds is 8. The number of carbonyl (C=O) groups is 1. The third kappa shape index (κ3) is 5.04. The first-order valence-corrected chi connectivity index (χ1v) is 8.74. The predicted molar refractivity (Wildman–Crippen MR) is 83.3 cm³/mol. The summed E-state index contributed by atoms with van der Waals surface area (Å²) in [4.78, 5) is 13.6. The van der Waals surface area contributed by atoms with Gasteiger partial charge in [-0.15, -0.1) is 0 Å². The third-order valence-electron chi connectivity index (χ3n) is 3.07. The fourth-order valence-corrected chi connectivity index (χ4v) is 3.36. The molecule has 0 aliphatic rings. The molecule has 0 N–H and O–H groups in total. The quantitative estimate of drug-likeness (QED) is 0.689. The van der Waals surface area contributed by atoms with Gasteiger partial charge in [0.15, 0.2) is 9.84 Å². The number of carbonyl (C=O) groups excluding carboxylic acids is 1. The minimum absolute atomic E-state index is 0.146. The first-order valence-electron chi connectivity index (χ1n) is 7.09. The maximum atomic E-state index is 12.0. The molecule has 0 saturated carbocycles. The predicted octanol–water partition coefficient (Wildman–Crippen LogP) is 2.26. The number of anilines is 1. The summed E-state index contributed by atoms with van der Waals surface area (Å²) in [5, 5.41) is 0. The fraction of sp³-hybridized carbons (Fsp3) is 0.533. The molecule has 0 amide bonds. The lowest BCUT2D eigenvalue weighted by Gasteiger charge is -2.23. The molecule has 6 heteroatoms. The van der Waals surface area contributed by atoms with Gasteiger partial charge in [-0.25, -0.2) is 8.42 Å². The van der Waals surface area contributed by atoms with Crippen LogP contribution in [0.4, 0.5) is 5.69 Å². The normalized spacial score (nSPS) is 11.2. The highest BCUT2D eigenvalue weighted by atomic mass is 32.2. The third-order valence-corrected chi connectivity index (χ3v) is 5.01. The molecule has 5 nitrogen and oxygen atoms in total. The van der Waals surface area contributed by atoms with Gasteiger partial charge in [-0.05, 0) is 37.1 Å². The van der Waals surface area contributed by atoms with Crippen LogP contribution in [0.1, 0.15) is 26.7 Å². The second kappa shape index (κ2) is 8.02. The highest BCUT2D eigenvalue weighted by molar-refractivity contribution is 7.91. The zero-order chi connectivity index (χ0) is 15.9. The molecule has 0 unspecified atom stereocenters. The summed E-state index contributed by atoms with van der Waals surface area (Å²) in [6.07, 6.45) is 1.47. The zero-order valence-corrected chi connectivity index (χ0v) is 13.6. The summed E-state index contributed by atoms with van der Waals surface area (Å²) >= 11 is 0. The van der Waals surface area contributed by atoms with Crippen molar-refractivity contribution in [1.29, 1.82) is 0 Å². The average Bonchev–Trinajstić information content (AvgIpc) is 2.46. The van der Waals surface area contributed by atoms with E-state index in [2.05, 4.69) is 4.74 Å². The minimum Gasteiger partial charge on any atom is -0.468 e. The molecule has 0 atom stereocenters. The van der Waals surface area contributed by atoms with Crippen LogP contribution in [0.5, 0.6) is 0 Å². The topological polar surface area (TPSA) is 63.7 Å². The molecule has 1 aromatic carbocycles. The molecule has 1 aromatic rings. The monoisotopic (exact) mass is 313 g/mol. The van der Waals surface area contributed by atoms with E-state index in [1.807, 2.05) is 18.7 Å². The largest absolute Gasteiger partial charge is 0.468 e. The molecule has 0 aromatic heterocycles. The van der Waals surface area contributed by atoms with Gasteiger partial charge >= 0.3 is 5.97 Å². The van der Waals surface area contributed by atoms with Gasteiger partial charge in [0, 0.05) is 12.2 Å². The summed E-state index contributed by atoms with van der Waals surface area (Å²) in [7, 11) is -1.85. The van der Waals surface area contributed by atoms with Gasteiger partial charge < -0.3 is 9.64 Å². The van der Waals surface area contributed by atoms with Gasteiger partial charge in [0.1, 0.15) is 6.54 Å². The van der Waals surface area contributed by atoms with Gasteiger partial charge in [0.2, 0.25) is 0 Å². The lowest BCUT2D eigenvalue weighted by Crippen LogP contribution is -2.31. The van der Waals surface area contributed by atoms with Gasteiger partial charge in [0.05, 0.1) is 17.8 Å². The van der Waals surface area contributed by atoms with Crippen LogP contribution in [0.15, 0.2) is 29.2 Å². The molecule has 0 aliphatic carbocycles. The van der Waals surface area contributed by atoms with E-state index in [1.165, 1.54) is 7.11 Å². The number of nitrogens with zero attached hydrogens (tertiary/aromatic N) is 1. The van der Waals surface area contributed by atoms with Crippen molar-refractivity contribution in [3.63, 3.8) is 0 Å². The Morgan fingerprint density at radius 2 is 1.76 bits per heavy atom. The smallest absolute Gasteiger partial charge is 0.325 e. The molecule has 0 spiro atoms. The molecule has 0 radical (unpaired) electrons. The van der Waals surface area contributed by atoms with Gasteiger partial charge in [-0.2, -0.15) is 0 Å². The van der Waals surface area contributed by atoms with Crippen molar-refractivity contribution in [2.24, 2.45) is 0 Å². The number of ether oxygens (including phenoxy) is 1. The van der Waals surface area contributed by atoms with Crippen molar-refractivity contribution in [2.75, 3.05) is 30.9 Å². The first kappa shape index (κ1) is 17.5. The Labute approximate surface area is 126 Å². The van der Waals surface area contributed by atoms with Crippen molar-refractivity contribution < 1.29 is 17.9 Å². The summed E-state index contributed by atoms with van der Waals surface area (Å²) < 4.78 is 28.6. The number of esters is 1. The van der Waals surface area contributed by atoms with Gasteiger partial charge in [-0.3, -0.25) is 4.79 Å². The number of hydrogen-bond acceptors (Lipinski definition) is 5. The average molecular weight is 313 g/mol. The standard InChI is InChI=1S/C15H23NO4S/c1-4-10-16(12-15(17)20-3)13-6-8-14(9-7-13)21(18,19)11-5-2/h6-9H,4-5,10-12H2,1-3H3. The molecule has 0 bridgehead atoms.